The Morgan fingerprint density at radius 1 is 1.00 bits per heavy atom. The minimum atomic E-state index is -0.112. The molecule has 0 aromatic heterocycles. The van der Waals surface area contributed by atoms with Crippen LogP contribution in [0.25, 0.3) is 0 Å². The highest BCUT2D eigenvalue weighted by Gasteiger charge is 1.98. The van der Waals surface area contributed by atoms with Gasteiger partial charge in [-0.3, -0.25) is 9.59 Å². The van der Waals surface area contributed by atoms with Gasteiger partial charge in [0.15, 0.2) is 5.78 Å². The maximum atomic E-state index is 10.8. The molecule has 0 amide bonds. The van der Waals surface area contributed by atoms with Crippen LogP contribution < -0.4 is 0 Å². The van der Waals surface area contributed by atoms with E-state index in [4.69, 9.17) is 0 Å². The van der Waals surface area contributed by atoms with Gasteiger partial charge in [0.05, 0.1) is 7.11 Å². The zero-order valence-corrected chi connectivity index (χ0v) is 11.0. The van der Waals surface area contributed by atoms with Crippen LogP contribution in [-0.4, -0.2) is 18.9 Å². The minimum Gasteiger partial charge on any atom is -0.469 e. The molecule has 0 unspecified atom stereocenters. The van der Waals surface area contributed by atoms with E-state index in [9.17, 15) is 9.59 Å². The van der Waals surface area contributed by atoms with Crippen molar-refractivity contribution in [1.82, 2.24) is 0 Å². The second-order valence-electron chi connectivity index (χ2n) is 4.25. The van der Waals surface area contributed by atoms with Crippen LogP contribution in [0.1, 0.15) is 58.3 Å². The SMILES string of the molecule is COC(=O)CCCCCCCC/C=C/C(C)=O. The van der Waals surface area contributed by atoms with Crippen molar-refractivity contribution in [3.63, 3.8) is 0 Å². The van der Waals surface area contributed by atoms with E-state index >= 15 is 0 Å². The molecule has 0 saturated carbocycles. The van der Waals surface area contributed by atoms with Crippen molar-refractivity contribution in [1.29, 1.82) is 0 Å². The fourth-order valence-corrected chi connectivity index (χ4v) is 1.59. The van der Waals surface area contributed by atoms with Crippen LogP contribution in [0.15, 0.2) is 12.2 Å². The van der Waals surface area contributed by atoms with Crippen molar-refractivity contribution in [3.05, 3.63) is 12.2 Å². The van der Waals surface area contributed by atoms with Crippen molar-refractivity contribution in [2.24, 2.45) is 0 Å². The first-order valence-electron chi connectivity index (χ1n) is 6.40. The van der Waals surface area contributed by atoms with Gasteiger partial charge in [-0.25, -0.2) is 0 Å². The van der Waals surface area contributed by atoms with Gasteiger partial charge in [-0.15, -0.1) is 0 Å². The van der Waals surface area contributed by atoms with E-state index in [1.54, 1.807) is 13.0 Å². The van der Waals surface area contributed by atoms with Crippen molar-refractivity contribution in [2.45, 2.75) is 58.3 Å². The summed E-state index contributed by atoms with van der Waals surface area (Å²) in [4.78, 5) is 21.4. The van der Waals surface area contributed by atoms with Crippen LogP contribution in [0.2, 0.25) is 0 Å². The second-order valence-corrected chi connectivity index (χ2v) is 4.25. The molecule has 0 spiro atoms. The number of allylic oxidation sites excluding steroid dienone is 2. The molecule has 0 aromatic carbocycles. The molecular formula is C14H24O3. The molecule has 0 aromatic rings. The molecule has 0 bridgehead atoms. The van der Waals surface area contributed by atoms with E-state index in [-0.39, 0.29) is 11.8 Å². The molecule has 0 aliphatic heterocycles. The van der Waals surface area contributed by atoms with Crippen LogP contribution in [-0.2, 0) is 14.3 Å². The van der Waals surface area contributed by atoms with Gasteiger partial charge in [0.2, 0.25) is 0 Å². The Bertz CT molecular complexity index is 244. The van der Waals surface area contributed by atoms with E-state index in [1.165, 1.54) is 26.4 Å². The standard InChI is InChI=1S/C14H24O3/c1-13(15)11-9-7-5-3-4-6-8-10-12-14(16)17-2/h9,11H,3-8,10,12H2,1-2H3/b11-9+. The molecule has 0 radical (unpaired) electrons. The van der Waals surface area contributed by atoms with E-state index in [0.29, 0.717) is 6.42 Å². The topological polar surface area (TPSA) is 43.4 Å². The van der Waals surface area contributed by atoms with Gasteiger partial charge in [0.1, 0.15) is 0 Å². The minimum absolute atomic E-state index is 0.112. The zero-order chi connectivity index (χ0) is 12.9. The number of carbonyl (C=O) groups is 2. The van der Waals surface area contributed by atoms with Crippen LogP contribution in [0.3, 0.4) is 0 Å². The Kier molecular flexibility index (Phi) is 10.6. The third-order valence-electron chi connectivity index (χ3n) is 2.58. The summed E-state index contributed by atoms with van der Waals surface area (Å²) >= 11 is 0. The fraction of sp³-hybridized carbons (Fsp3) is 0.714. The smallest absolute Gasteiger partial charge is 0.305 e. The molecule has 0 aliphatic rings. The number of ether oxygens (including phenoxy) is 1. The average Bonchev–Trinajstić information content (AvgIpc) is 2.30. The molecule has 0 rings (SSSR count). The highest BCUT2D eigenvalue weighted by Crippen LogP contribution is 2.09. The summed E-state index contributed by atoms with van der Waals surface area (Å²) < 4.78 is 4.57. The molecular weight excluding hydrogens is 216 g/mol. The summed E-state index contributed by atoms with van der Waals surface area (Å²) in [6.07, 6.45) is 11.8. The lowest BCUT2D eigenvalue weighted by Crippen LogP contribution is -1.99. The largest absolute Gasteiger partial charge is 0.469 e. The number of esters is 1. The predicted octanol–water partition coefficient (Wildman–Crippen LogP) is 3.43. The summed E-state index contributed by atoms with van der Waals surface area (Å²) in [5.74, 6) is 0.00665. The lowest BCUT2D eigenvalue weighted by atomic mass is 10.1. The van der Waals surface area contributed by atoms with Gasteiger partial charge in [-0.1, -0.05) is 31.8 Å². The third kappa shape index (κ3) is 12.8. The van der Waals surface area contributed by atoms with E-state index in [2.05, 4.69) is 4.74 Å². The Labute approximate surface area is 104 Å². The predicted molar refractivity (Wildman–Crippen MR) is 68.8 cm³/mol. The Balaban J connectivity index is 3.14. The van der Waals surface area contributed by atoms with E-state index < -0.39 is 0 Å². The monoisotopic (exact) mass is 240 g/mol. The summed E-state index contributed by atoms with van der Waals surface area (Å²) in [6, 6.07) is 0. The highest BCUT2D eigenvalue weighted by molar-refractivity contribution is 5.87. The number of carbonyl (C=O) groups excluding carboxylic acids is 2. The molecule has 0 atom stereocenters. The number of ketones is 1. The Morgan fingerprint density at radius 2 is 1.59 bits per heavy atom. The molecule has 3 nitrogen and oxygen atoms in total. The van der Waals surface area contributed by atoms with Gasteiger partial charge in [0.25, 0.3) is 0 Å². The Hall–Kier alpha value is -1.12. The van der Waals surface area contributed by atoms with Gasteiger partial charge in [-0.2, -0.15) is 0 Å². The number of hydrogen-bond donors (Lipinski definition) is 0. The van der Waals surface area contributed by atoms with Crippen LogP contribution in [0, 0.1) is 0 Å². The van der Waals surface area contributed by atoms with Crippen molar-refractivity contribution >= 4 is 11.8 Å². The van der Waals surface area contributed by atoms with Crippen molar-refractivity contribution in [3.8, 4) is 0 Å². The summed E-state index contributed by atoms with van der Waals surface area (Å²) in [6.45, 7) is 1.57. The molecule has 3 heteroatoms. The average molecular weight is 240 g/mol. The maximum Gasteiger partial charge on any atom is 0.305 e. The molecule has 0 aliphatic carbocycles. The summed E-state index contributed by atoms with van der Waals surface area (Å²) in [5, 5.41) is 0. The zero-order valence-electron chi connectivity index (χ0n) is 11.0. The van der Waals surface area contributed by atoms with Crippen molar-refractivity contribution < 1.29 is 14.3 Å². The first-order chi connectivity index (χ1) is 8.16. The third-order valence-corrected chi connectivity index (χ3v) is 2.58. The van der Waals surface area contributed by atoms with Gasteiger partial charge in [-0.05, 0) is 32.3 Å². The number of rotatable bonds is 10. The maximum absolute atomic E-state index is 10.8. The van der Waals surface area contributed by atoms with E-state index in [1.807, 2.05) is 6.08 Å². The van der Waals surface area contributed by atoms with Crippen molar-refractivity contribution in [2.75, 3.05) is 7.11 Å². The second kappa shape index (κ2) is 11.4. The molecule has 0 N–H and O–H groups in total. The van der Waals surface area contributed by atoms with Crippen LogP contribution >= 0.6 is 0 Å². The number of unbranched alkanes of at least 4 members (excludes halogenated alkanes) is 6. The lowest BCUT2D eigenvalue weighted by Gasteiger charge is -2.00. The van der Waals surface area contributed by atoms with Gasteiger partial charge < -0.3 is 4.74 Å². The number of methoxy groups -OCH3 is 1. The van der Waals surface area contributed by atoms with Gasteiger partial charge in [0, 0.05) is 6.42 Å². The molecule has 0 saturated heterocycles. The first kappa shape index (κ1) is 15.9. The number of hydrogen-bond acceptors (Lipinski definition) is 3. The molecule has 0 fully saturated rings. The molecule has 98 valence electrons. The van der Waals surface area contributed by atoms with Crippen LogP contribution in [0.5, 0.6) is 0 Å². The summed E-state index contributed by atoms with van der Waals surface area (Å²) in [7, 11) is 1.43. The Morgan fingerprint density at radius 3 is 2.18 bits per heavy atom. The molecule has 0 heterocycles. The summed E-state index contributed by atoms with van der Waals surface area (Å²) in [5.41, 5.74) is 0. The lowest BCUT2D eigenvalue weighted by molar-refractivity contribution is -0.140. The highest BCUT2D eigenvalue weighted by atomic mass is 16.5. The quantitative estimate of drug-likeness (QED) is 0.334. The van der Waals surface area contributed by atoms with Gasteiger partial charge >= 0.3 is 5.97 Å². The van der Waals surface area contributed by atoms with Crippen LogP contribution in [0.4, 0.5) is 0 Å². The molecule has 17 heavy (non-hydrogen) atoms. The normalized spacial score (nSPS) is 10.7. The fourth-order valence-electron chi connectivity index (χ4n) is 1.59. The van der Waals surface area contributed by atoms with E-state index in [0.717, 1.165) is 25.7 Å². The first-order valence-corrected chi connectivity index (χ1v) is 6.40.